The molecule has 0 aliphatic carbocycles. The molecular weight excluding hydrogens is 359 g/mol. The smallest absolute Gasteiger partial charge is 0.431 e. The van der Waals surface area contributed by atoms with Gasteiger partial charge in [0.2, 0.25) is 6.79 Å². The molecule has 0 amide bonds. The summed E-state index contributed by atoms with van der Waals surface area (Å²) in [5.41, 5.74) is 0. The van der Waals surface area contributed by atoms with Crippen LogP contribution in [0.2, 0.25) is 0 Å². The maximum absolute atomic E-state index is 11.5. The normalized spacial score (nSPS) is 10.1. The predicted octanol–water partition coefficient (Wildman–Crippen LogP) is 3.03. The Hall–Kier alpha value is -0.830. The van der Waals surface area contributed by atoms with Crippen molar-refractivity contribution in [1.82, 2.24) is 0 Å². The van der Waals surface area contributed by atoms with Crippen LogP contribution in [0, 0.1) is 3.57 Å². The molecule has 1 heterocycles. The largest absolute Gasteiger partial charge is 0.511 e. The zero-order valence-corrected chi connectivity index (χ0v) is 12.2. The lowest BCUT2D eigenvalue weighted by atomic mass is 10.5. The van der Waals surface area contributed by atoms with E-state index in [0.29, 0.717) is 4.88 Å². The zero-order valence-electron chi connectivity index (χ0n) is 9.27. The van der Waals surface area contributed by atoms with Crippen LogP contribution in [-0.2, 0) is 14.2 Å². The van der Waals surface area contributed by atoms with Crippen LogP contribution in [0.5, 0.6) is 0 Å². The Morgan fingerprint density at radius 1 is 1.41 bits per heavy atom. The fraction of sp³-hybridized carbons (Fsp3) is 0.400. The van der Waals surface area contributed by atoms with Crippen molar-refractivity contribution in [2.45, 2.75) is 20.0 Å². The maximum Gasteiger partial charge on any atom is 0.511 e. The molecular formula is C10H11IO5S. The van der Waals surface area contributed by atoms with Gasteiger partial charge in [-0.2, -0.15) is 0 Å². The van der Waals surface area contributed by atoms with E-state index >= 15 is 0 Å². The van der Waals surface area contributed by atoms with Crippen LogP contribution < -0.4 is 0 Å². The number of hydrogen-bond acceptors (Lipinski definition) is 6. The summed E-state index contributed by atoms with van der Waals surface area (Å²) in [7, 11) is 0. The third-order valence-corrected chi connectivity index (χ3v) is 3.66. The van der Waals surface area contributed by atoms with Crippen molar-refractivity contribution in [3.63, 3.8) is 0 Å². The summed E-state index contributed by atoms with van der Waals surface area (Å²) in [5.74, 6) is -0.512. The molecule has 0 saturated carbocycles. The minimum absolute atomic E-state index is 0.267. The van der Waals surface area contributed by atoms with Crippen molar-refractivity contribution in [2.24, 2.45) is 0 Å². The van der Waals surface area contributed by atoms with Crippen LogP contribution in [0.15, 0.2) is 11.4 Å². The molecule has 0 aliphatic rings. The number of thiophene rings is 1. The van der Waals surface area contributed by atoms with Gasteiger partial charge in [0.25, 0.3) is 0 Å². The van der Waals surface area contributed by atoms with E-state index in [4.69, 9.17) is 9.47 Å². The molecule has 17 heavy (non-hydrogen) atoms. The van der Waals surface area contributed by atoms with E-state index in [1.54, 1.807) is 25.3 Å². The lowest BCUT2D eigenvalue weighted by Crippen LogP contribution is -2.16. The average Bonchev–Trinajstić information content (AvgIpc) is 2.63. The number of carbonyl (C=O) groups is 2. The maximum atomic E-state index is 11.5. The summed E-state index contributed by atoms with van der Waals surface area (Å²) in [6, 6.07) is 1.80. The van der Waals surface area contributed by atoms with Gasteiger partial charge in [0.15, 0.2) is 0 Å². The molecule has 0 radical (unpaired) electrons. The third-order valence-electron chi connectivity index (χ3n) is 1.50. The molecule has 0 bridgehead atoms. The standard InChI is InChI=1S/C10H11IO5S/c1-6(2)16-10(13)15-5-14-9(12)8-7(11)3-4-17-8/h3-4,6H,5H2,1-2H3. The fourth-order valence-corrected chi connectivity index (χ4v) is 2.56. The van der Waals surface area contributed by atoms with Crippen molar-refractivity contribution in [1.29, 1.82) is 0 Å². The molecule has 0 aromatic carbocycles. The van der Waals surface area contributed by atoms with E-state index in [1.165, 1.54) is 11.3 Å². The molecule has 7 heteroatoms. The fourth-order valence-electron chi connectivity index (χ4n) is 0.863. The molecule has 1 aromatic heterocycles. The monoisotopic (exact) mass is 370 g/mol. The van der Waals surface area contributed by atoms with Crippen LogP contribution in [0.25, 0.3) is 0 Å². The van der Waals surface area contributed by atoms with E-state index in [-0.39, 0.29) is 6.10 Å². The highest BCUT2D eigenvalue weighted by molar-refractivity contribution is 14.1. The topological polar surface area (TPSA) is 61.8 Å². The van der Waals surface area contributed by atoms with Gasteiger partial charge >= 0.3 is 12.1 Å². The molecule has 0 spiro atoms. The number of carbonyl (C=O) groups excluding carboxylic acids is 2. The van der Waals surface area contributed by atoms with E-state index in [9.17, 15) is 9.59 Å². The second-order valence-electron chi connectivity index (χ2n) is 3.21. The Bertz CT molecular complexity index is 401. The first-order valence-electron chi connectivity index (χ1n) is 4.74. The highest BCUT2D eigenvalue weighted by atomic mass is 127. The Balaban J connectivity index is 2.30. The molecule has 0 atom stereocenters. The summed E-state index contributed by atoms with van der Waals surface area (Å²) < 4.78 is 14.8. The SMILES string of the molecule is CC(C)OC(=O)OCOC(=O)c1sccc1I. The zero-order chi connectivity index (χ0) is 12.8. The van der Waals surface area contributed by atoms with Crippen LogP contribution in [0.3, 0.4) is 0 Å². The minimum atomic E-state index is -0.853. The van der Waals surface area contributed by atoms with Gasteiger partial charge in [-0.3, -0.25) is 0 Å². The molecule has 5 nitrogen and oxygen atoms in total. The van der Waals surface area contributed by atoms with Gasteiger partial charge in [-0.05, 0) is 47.9 Å². The molecule has 94 valence electrons. The molecule has 0 fully saturated rings. The summed E-state index contributed by atoms with van der Waals surface area (Å²) in [6.07, 6.45) is -1.12. The predicted molar refractivity (Wildman–Crippen MR) is 70.0 cm³/mol. The summed E-state index contributed by atoms with van der Waals surface area (Å²) in [5, 5.41) is 1.78. The second kappa shape index (κ2) is 6.80. The van der Waals surface area contributed by atoms with Gasteiger partial charge in [-0.15, -0.1) is 11.3 Å². The molecule has 1 aromatic rings. The Labute approximate surface area is 116 Å². The Morgan fingerprint density at radius 3 is 2.65 bits per heavy atom. The van der Waals surface area contributed by atoms with Crippen molar-refractivity contribution < 1.29 is 23.8 Å². The quantitative estimate of drug-likeness (QED) is 0.463. The van der Waals surface area contributed by atoms with Crippen molar-refractivity contribution in [2.75, 3.05) is 6.79 Å². The average molecular weight is 370 g/mol. The minimum Gasteiger partial charge on any atom is -0.431 e. The second-order valence-corrected chi connectivity index (χ2v) is 5.29. The molecule has 0 N–H and O–H groups in total. The van der Waals surface area contributed by atoms with Crippen molar-refractivity contribution in [3.8, 4) is 0 Å². The van der Waals surface area contributed by atoms with Gasteiger partial charge in [0.05, 0.1) is 6.10 Å². The lowest BCUT2D eigenvalue weighted by molar-refractivity contribution is -0.0342. The van der Waals surface area contributed by atoms with E-state index in [2.05, 4.69) is 4.74 Å². The molecule has 0 unspecified atom stereocenters. The van der Waals surface area contributed by atoms with Gasteiger partial charge in [0.1, 0.15) is 4.88 Å². The van der Waals surface area contributed by atoms with E-state index in [1.807, 2.05) is 22.6 Å². The van der Waals surface area contributed by atoms with Gasteiger partial charge in [0, 0.05) is 3.57 Å². The van der Waals surface area contributed by atoms with E-state index in [0.717, 1.165) is 3.57 Å². The van der Waals surface area contributed by atoms with Crippen LogP contribution >= 0.6 is 33.9 Å². The number of rotatable bonds is 4. The highest BCUT2D eigenvalue weighted by Crippen LogP contribution is 2.19. The first kappa shape index (κ1) is 14.2. The Morgan fingerprint density at radius 2 is 2.12 bits per heavy atom. The van der Waals surface area contributed by atoms with Gasteiger partial charge in [-0.1, -0.05) is 0 Å². The third kappa shape index (κ3) is 4.90. The highest BCUT2D eigenvalue weighted by Gasteiger charge is 2.14. The van der Waals surface area contributed by atoms with Crippen LogP contribution in [0.4, 0.5) is 4.79 Å². The first-order chi connectivity index (χ1) is 8.00. The van der Waals surface area contributed by atoms with Crippen molar-refractivity contribution in [3.05, 3.63) is 19.9 Å². The lowest BCUT2D eigenvalue weighted by Gasteiger charge is -2.08. The summed E-state index contributed by atoms with van der Waals surface area (Å²) in [4.78, 5) is 22.9. The number of ether oxygens (including phenoxy) is 3. The number of hydrogen-bond donors (Lipinski definition) is 0. The van der Waals surface area contributed by atoms with Gasteiger partial charge < -0.3 is 14.2 Å². The molecule has 1 rings (SSSR count). The first-order valence-corrected chi connectivity index (χ1v) is 6.70. The Kier molecular flexibility index (Phi) is 5.69. The summed E-state index contributed by atoms with van der Waals surface area (Å²) >= 11 is 3.30. The number of esters is 1. The van der Waals surface area contributed by atoms with E-state index < -0.39 is 18.9 Å². The molecule has 0 aliphatic heterocycles. The number of halogens is 1. The summed E-state index contributed by atoms with van der Waals surface area (Å²) in [6.45, 7) is 2.95. The molecule has 0 saturated heterocycles. The van der Waals surface area contributed by atoms with Gasteiger partial charge in [-0.25, -0.2) is 9.59 Å². The van der Waals surface area contributed by atoms with Crippen LogP contribution in [-0.4, -0.2) is 25.0 Å². The van der Waals surface area contributed by atoms with Crippen LogP contribution in [0.1, 0.15) is 23.5 Å². The van der Waals surface area contributed by atoms with Crippen molar-refractivity contribution >= 4 is 46.1 Å².